The molecule has 1 aromatic rings. The zero-order valence-electron chi connectivity index (χ0n) is 8.84. The van der Waals surface area contributed by atoms with Crippen molar-refractivity contribution < 1.29 is 0 Å². The van der Waals surface area contributed by atoms with E-state index in [2.05, 4.69) is 46.0 Å². The van der Waals surface area contributed by atoms with Crippen molar-refractivity contribution >= 4 is 33.2 Å². The van der Waals surface area contributed by atoms with Gasteiger partial charge in [-0.1, -0.05) is 15.9 Å². The minimum absolute atomic E-state index is 0.581. The Kier molecular flexibility index (Phi) is 3.57. The van der Waals surface area contributed by atoms with Gasteiger partial charge >= 0.3 is 0 Å². The molecule has 0 spiro atoms. The van der Waals surface area contributed by atoms with E-state index in [0.29, 0.717) is 11.9 Å². The molecule has 0 aromatic heterocycles. The van der Waals surface area contributed by atoms with Crippen molar-refractivity contribution in [1.82, 2.24) is 0 Å². The van der Waals surface area contributed by atoms with Crippen LogP contribution in [0.1, 0.15) is 25.3 Å². The average Bonchev–Trinajstić information content (AvgIpc) is 2.64. The Hall–Kier alpha value is -0.210. The second-order valence-corrected chi connectivity index (χ2v) is 5.27. The fourth-order valence-electron chi connectivity index (χ4n) is 2.23. The molecule has 1 unspecified atom stereocenters. The van der Waals surface area contributed by atoms with E-state index in [1.54, 1.807) is 0 Å². The zero-order valence-corrected chi connectivity index (χ0v) is 11.2. The summed E-state index contributed by atoms with van der Waals surface area (Å²) in [5.74, 6) is 0.581. The molecule has 0 bridgehead atoms. The number of rotatable bonds is 2. The van der Waals surface area contributed by atoms with E-state index < -0.39 is 0 Å². The summed E-state index contributed by atoms with van der Waals surface area (Å²) < 4.78 is 1.11. The van der Waals surface area contributed by atoms with E-state index in [9.17, 15) is 0 Å². The Bertz CT molecular complexity index is 353. The number of hydrogen-bond donors (Lipinski definition) is 0. The highest BCUT2D eigenvalue weighted by Gasteiger charge is 2.22. The van der Waals surface area contributed by atoms with E-state index >= 15 is 0 Å². The highest BCUT2D eigenvalue weighted by Crippen LogP contribution is 2.31. The number of nitrogens with zero attached hydrogens (tertiary/aromatic N) is 1. The summed E-state index contributed by atoms with van der Waals surface area (Å²) in [7, 11) is 0. The van der Waals surface area contributed by atoms with Gasteiger partial charge in [0.05, 0.1) is 0 Å². The van der Waals surface area contributed by atoms with Crippen molar-refractivity contribution in [2.45, 2.75) is 31.7 Å². The lowest BCUT2D eigenvalue weighted by molar-refractivity contribution is 0.733. The van der Waals surface area contributed by atoms with Crippen LogP contribution in [0, 0.1) is 0 Å². The normalized spacial score (nSPS) is 21.0. The number of benzene rings is 1. The Labute approximate surface area is 105 Å². The van der Waals surface area contributed by atoms with Gasteiger partial charge in [-0.15, -0.1) is 11.6 Å². The standard InChI is InChI=1S/C12H15BrClN/c1-9-3-2-6-15(9)12-5-4-11(13)7-10(12)8-14/h4-5,7,9H,2-3,6,8H2,1H3. The van der Waals surface area contributed by atoms with E-state index in [-0.39, 0.29) is 0 Å². The summed E-state index contributed by atoms with van der Waals surface area (Å²) in [6, 6.07) is 7.03. The Morgan fingerprint density at radius 2 is 2.33 bits per heavy atom. The molecule has 2 rings (SSSR count). The summed E-state index contributed by atoms with van der Waals surface area (Å²) in [5, 5.41) is 0. The molecule has 1 aliphatic heterocycles. The van der Waals surface area contributed by atoms with Gasteiger partial charge in [0.25, 0.3) is 0 Å². The maximum Gasteiger partial charge on any atom is 0.0494 e. The second kappa shape index (κ2) is 4.75. The first-order chi connectivity index (χ1) is 7.22. The van der Waals surface area contributed by atoms with Crippen LogP contribution in [0.4, 0.5) is 5.69 Å². The first-order valence-electron chi connectivity index (χ1n) is 5.33. The summed E-state index contributed by atoms with van der Waals surface area (Å²) in [5.41, 5.74) is 2.53. The molecule has 1 aliphatic rings. The highest BCUT2D eigenvalue weighted by molar-refractivity contribution is 9.10. The van der Waals surface area contributed by atoms with Crippen LogP contribution in [0.25, 0.3) is 0 Å². The van der Waals surface area contributed by atoms with Crippen molar-refractivity contribution in [2.75, 3.05) is 11.4 Å². The molecule has 0 aliphatic carbocycles. The molecule has 0 saturated carbocycles. The third kappa shape index (κ3) is 2.31. The van der Waals surface area contributed by atoms with Crippen LogP contribution >= 0.6 is 27.5 Å². The SMILES string of the molecule is CC1CCCN1c1ccc(Br)cc1CCl. The van der Waals surface area contributed by atoms with Gasteiger partial charge in [-0.25, -0.2) is 0 Å². The molecule has 15 heavy (non-hydrogen) atoms. The van der Waals surface area contributed by atoms with Crippen LogP contribution in [0.3, 0.4) is 0 Å². The van der Waals surface area contributed by atoms with Crippen molar-refractivity contribution in [1.29, 1.82) is 0 Å². The van der Waals surface area contributed by atoms with E-state index in [0.717, 1.165) is 11.0 Å². The molecule has 0 amide bonds. The van der Waals surface area contributed by atoms with Crippen molar-refractivity contribution in [3.05, 3.63) is 28.2 Å². The predicted molar refractivity (Wildman–Crippen MR) is 69.7 cm³/mol. The quantitative estimate of drug-likeness (QED) is 0.738. The number of alkyl halides is 1. The zero-order chi connectivity index (χ0) is 10.8. The highest BCUT2D eigenvalue weighted by atomic mass is 79.9. The van der Waals surface area contributed by atoms with Crippen LogP contribution in [-0.4, -0.2) is 12.6 Å². The molecule has 0 radical (unpaired) electrons. The van der Waals surface area contributed by atoms with Gasteiger partial charge in [0, 0.05) is 28.6 Å². The molecule has 1 heterocycles. The second-order valence-electron chi connectivity index (χ2n) is 4.09. The van der Waals surface area contributed by atoms with Crippen LogP contribution in [0.15, 0.2) is 22.7 Å². The van der Waals surface area contributed by atoms with Crippen LogP contribution in [0.2, 0.25) is 0 Å². The lowest BCUT2D eigenvalue weighted by atomic mass is 10.1. The predicted octanol–water partition coefficient (Wildman–Crippen LogP) is 4.18. The fourth-order valence-corrected chi connectivity index (χ4v) is 2.86. The summed E-state index contributed by atoms with van der Waals surface area (Å²) >= 11 is 9.47. The Balaban J connectivity index is 2.34. The van der Waals surface area contributed by atoms with Gasteiger partial charge in [-0.3, -0.25) is 0 Å². The number of anilines is 1. The lowest BCUT2D eigenvalue weighted by Gasteiger charge is -2.26. The first kappa shape index (κ1) is 11.3. The topological polar surface area (TPSA) is 3.24 Å². The minimum atomic E-state index is 0.581. The molecule has 1 saturated heterocycles. The molecule has 1 atom stereocenters. The lowest BCUT2D eigenvalue weighted by Crippen LogP contribution is -2.27. The van der Waals surface area contributed by atoms with Gasteiger partial charge in [-0.2, -0.15) is 0 Å². The van der Waals surface area contributed by atoms with E-state index in [4.69, 9.17) is 11.6 Å². The maximum atomic E-state index is 5.98. The van der Waals surface area contributed by atoms with Gasteiger partial charge in [-0.05, 0) is 43.5 Å². The van der Waals surface area contributed by atoms with Gasteiger partial charge in [0.1, 0.15) is 0 Å². The van der Waals surface area contributed by atoms with E-state index in [1.807, 2.05) is 0 Å². The fraction of sp³-hybridized carbons (Fsp3) is 0.500. The molecular weight excluding hydrogens is 273 g/mol. The molecule has 1 nitrogen and oxygen atoms in total. The van der Waals surface area contributed by atoms with E-state index in [1.165, 1.54) is 24.1 Å². The first-order valence-corrected chi connectivity index (χ1v) is 6.66. The van der Waals surface area contributed by atoms with Crippen molar-refractivity contribution in [2.24, 2.45) is 0 Å². The molecule has 3 heteroatoms. The minimum Gasteiger partial charge on any atom is -0.369 e. The third-order valence-electron chi connectivity index (χ3n) is 3.05. The summed E-state index contributed by atoms with van der Waals surface area (Å²) in [6.45, 7) is 3.44. The molecule has 82 valence electrons. The molecular formula is C12H15BrClN. The third-order valence-corrected chi connectivity index (χ3v) is 3.83. The van der Waals surface area contributed by atoms with Crippen molar-refractivity contribution in [3.63, 3.8) is 0 Å². The van der Waals surface area contributed by atoms with Crippen LogP contribution in [-0.2, 0) is 5.88 Å². The van der Waals surface area contributed by atoms with Crippen molar-refractivity contribution in [3.8, 4) is 0 Å². The largest absolute Gasteiger partial charge is 0.369 e. The van der Waals surface area contributed by atoms with Crippen LogP contribution < -0.4 is 4.90 Å². The van der Waals surface area contributed by atoms with Gasteiger partial charge < -0.3 is 4.90 Å². The van der Waals surface area contributed by atoms with Gasteiger partial charge in [0.2, 0.25) is 0 Å². The molecule has 1 fully saturated rings. The smallest absolute Gasteiger partial charge is 0.0494 e. The van der Waals surface area contributed by atoms with Gasteiger partial charge in [0.15, 0.2) is 0 Å². The number of hydrogen-bond acceptors (Lipinski definition) is 1. The summed E-state index contributed by atoms with van der Waals surface area (Å²) in [6.07, 6.45) is 2.58. The monoisotopic (exact) mass is 287 g/mol. The average molecular weight is 289 g/mol. The molecule has 0 N–H and O–H groups in total. The summed E-state index contributed by atoms with van der Waals surface area (Å²) in [4.78, 5) is 2.46. The maximum absolute atomic E-state index is 5.98. The number of halogens is 2. The molecule has 1 aromatic carbocycles. The van der Waals surface area contributed by atoms with Crippen LogP contribution in [0.5, 0.6) is 0 Å². The Morgan fingerprint density at radius 1 is 1.53 bits per heavy atom. The Morgan fingerprint density at radius 3 is 2.93 bits per heavy atom.